The molecule has 1 heterocycles. The first-order valence-electron chi connectivity index (χ1n) is 10.6. The van der Waals surface area contributed by atoms with Crippen molar-refractivity contribution in [1.82, 2.24) is 10.2 Å². The summed E-state index contributed by atoms with van der Waals surface area (Å²) in [6.07, 6.45) is 3.08. The zero-order valence-corrected chi connectivity index (χ0v) is 18.5. The number of morpholine rings is 1. The van der Waals surface area contributed by atoms with Crippen LogP contribution in [0.4, 0.5) is 4.39 Å². The summed E-state index contributed by atoms with van der Waals surface area (Å²) < 4.78 is 29.4. The van der Waals surface area contributed by atoms with Crippen LogP contribution in [0.15, 0.2) is 48.5 Å². The summed E-state index contributed by atoms with van der Waals surface area (Å²) >= 11 is 0. The number of ether oxygens (including phenoxy) is 3. The van der Waals surface area contributed by atoms with E-state index in [1.54, 1.807) is 36.4 Å². The maximum absolute atomic E-state index is 13.4. The third-order valence-corrected chi connectivity index (χ3v) is 5.20. The number of nitrogens with zero attached hydrogens (tertiary/aromatic N) is 1. The highest BCUT2D eigenvalue weighted by Crippen LogP contribution is 2.28. The minimum atomic E-state index is -0.589. The summed E-state index contributed by atoms with van der Waals surface area (Å²) in [7, 11) is 1.48. The van der Waals surface area contributed by atoms with Crippen molar-refractivity contribution >= 4 is 17.9 Å². The van der Waals surface area contributed by atoms with Gasteiger partial charge in [-0.05, 0) is 41.5 Å². The number of amides is 2. The van der Waals surface area contributed by atoms with Gasteiger partial charge in [-0.1, -0.05) is 18.2 Å². The van der Waals surface area contributed by atoms with Crippen LogP contribution in [0.3, 0.4) is 0 Å². The van der Waals surface area contributed by atoms with E-state index < -0.39 is 5.91 Å². The molecular formula is C24H28FN3O5. The Morgan fingerprint density at radius 3 is 2.58 bits per heavy atom. The fourth-order valence-electron chi connectivity index (χ4n) is 3.52. The molecule has 9 heteroatoms. The maximum atomic E-state index is 13.4. The lowest BCUT2D eigenvalue weighted by Gasteiger charge is -2.34. The van der Waals surface area contributed by atoms with E-state index in [-0.39, 0.29) is 24.4 Å². The molecule has 0 spiro atoms. The average molecular weight is 458 g/mol. The van der Waals surface area contributed by atoms with Crippen LogP contribution < -0.4 is 20.5 Å². The van der Waals surface area contributed by atoms with E-state index in [0.29, 0.717) is 31.3 Å². The second-order valence-corrected chi connectivity index (χ2v) is 7.46. The fraction of sp³-hybridized carbons (Fsp3) is 0.333. The fourth-order valence-corrected chi connectivity index (χ4v) is 3.52. The Morgan fingerprint density at radius 1 is 1.18 bits per heavy atom. The van der Waals surface area contributed by atoms with Crippen LogP contribution in [0.25, 0.3) is 6.08 Å². The van der Waals surface area contributed by atoms with Crippen LogP contribution in [0, 0.1) is 5.82 Å². The van der Waals surface area contributed by atoms with Crippen LogP contribution in [0.5, 0.6) is 11.5 Å². The molecule has 1 saturated heterocycles. The number of hydrogen-bond donors (Lipinski definition) is 2. The van der Waals surface area contributed by atoms with Gasteiger partial charge < -0.3 is 25.3 Å². The van der Waals surface area contributed by atoms with Crippen molar-refractivity contribution in [2.45, 2.75) is 6.04 Å². The summed E-state index contributed by atoms with van der Waals surface area (Å²) in [5.74, 6) is -0.349. The molecule has 2 aromatic rings. The first-order valence-corrected chi connectivity index (χ1v) is 10.6. The van der Waals surface area contributed by atoms with E-state index in [0.717, 1.165) is 24.2 Å². The van der Waals surface area contributed by atoms with Gasteiger partial charge in [0.2, 0.25) is 5.91 Å². The molecule has 0 bridgehead atoms. The molecule has 1 atom stereocenters. The molecule has 3 rings (SSSR count). The van der Waals surface area contributed by atoms with Crippen molar-refractivity contribution in [2.75, 3.05) is 46.6 Å². The molecule has 1 fully saturated rings. The smallest absolute Gasteiger partial charge is 0.255 e. The number of rotatable bonds is 10. The van der Waals surface area contributed by atoms with Crippen molar-refractivity contribution in [2.24, 2.45) is 5.73 Å². The Morgan fingerprint density at radius 2 is 1.91 bits per heavy atom. The third-order valence-electron chi connectivity index (χ3n) is 5.20. The Bertz CT molecular complexity index is 975. The van der Waals surface area contributed by atoms with Crippen LogP contribution in [0.1, 0.15) is 17.2 Å². The number of benzene rings is 2. The highest BCUT2D eigenvalue weighted by Gasteiger charge is 2.23. The molecule has 0 radical (unpaired) electrons. The quantitative estimate of drug-likeness (QED) is 0.529. The summed E-state index contributed by atoms with van der Waals surface area (Å²) in [6.45, 7) is 2.82. The molecule has 2 amide bonds. The van der Waals surface area contributed by atoms with Crippen LogP contribution in [-0.4, -0.2) is 63.3 Å². The van der Waals surface area contributed by atoms with E-state index in [9.17, 15) is 14.0 Å². The second kappa shape index (κ2) is 12.0. The third kappa shape index (κ3) is 7.30. The van der Waals surface area contributed by atoms with Gasteiger partial charge in [0, 0.05) is 25.7 Å². The molecule has 1 aliphatic heterocycles. The van der Waals surface area contributed by atoms with E-state index >= 15 is 0 Å². The monoisotopic (exact) mass is 457 g/mol. The number of nitrogens with two attached hydrogens (primary N) is 1. The lowest BCUT2D eigenvalue weighted by molar-refractivity contribution is -0.120. The van der Waals surface area contributed by atoms with Crippen LogP contribution in [-0.2, 0) is 14.3 Å². The number of hydrogen-bond acceptors (Lipinski definition) is 6. The van der Waals surface area contributed by atoms with Gasteiger partial charge >= 0.3 is 0 Å². The molecule has 0 aromatic heterocycles. The van der Waals surface area contributed by atoms with Crippen molar-refractivity contribution < 1.29 is 28.2 Å². The number of halogens is 1. The summed E-state index contributed by atoms with van der Waals surface area (Å²) in [6, 6.07) is 11.3. The number of nitrogens with one attached hydrogen (secondary N) is 1. The lowest BCUT2D eigenvalue weighted by Crippen LogP contribution is -2.43. The molecule has 8 nitrogen and oxygen atoms in total. The van der Waals surface area contributed by atoms with Crippen LogP contribution in [0.2, 0.25) is 0 Å². The Hall–Kier alpha value is -3.43. The van der Waals surface area contributed by atoms with Gasteiger partial charge in [0.1, 0.15) is 5.82 Å². The van der Waals surface area contributed by atoms with Gasteiger partial charge in [0.15, 0.2) is 18.1 Å². The number of carbonyl (C=O) groups excluding carboxylic acids is 2. The van der Waals surface area contributed by atoms with Gasteiger partial charge in [0.25, 0.3) is 5.91 Å². The zero-order valence-electron chi connectivity index (χ0n) is 18.5. The molecular weight excluding hydrogens is 429 g/mol. The molecule has 176 valence electrons. The standard InChI is InChI=1S/C24H28FN3O5/c1-31-22-14-17(2-8-21(22)33-16-23(26)29)3-9-24(30)27-15-20(28-10-12-32-13-11-28)18-4-6-19(25)7-5-18/h2-9,14,20H,10-13,15-16H2,1H3,(H2,26,29)(H,27,30)/b9-3+. The normalized spacial score (nSPS) is 15.2. The van der Waals surface area contributed by atoms with Gasteiger partial charge in [0.05, 0.1) is 26.4 Å². The topological polar surface area (TPSA) is 103 Å². The Kier molecular flexibility index (Phi) is 8.79. The van der Waals surface area contributed by atoms with E-state index in [4.69, 9.17) is 19.9 Å². The minimum absolute atomic E-state index is 0.0892. The molecule has 0 aliphatic carbocycles. The maximum Gasteiger partial charge on any atom is 0.255 e. The summed E-state index contributed by atoms with van der Waals surface area (Å²) in [5.41, 5.74) is 6.75. The molecule has 2 aromatic carbocycles. The predicted molar refractivity (Wildman–Crippen MR) is 121 cm³/mol. The van der Waals surface area contributed by atoms with Crippen molar-refractivity contribution in [3.05, 3.63) is 65.5 Å². The first-order chi connectivity index (χ1) is 16.0. The lowest BCUT2D eigenvalue weighted by atomic mass is 10.0. The molecule has 1 unspecified atom stereocenters. The Labute approximate surface area is 192 Å². The SMILES string of the molecule is COc1cc(/C=C/C(=O)NCC(c2ccc(F)cc2)N2CCOCC2)ccc1OCC(N)=O. The summed E-state index contributed by atoms with van der Waals surface area (Å²) in [4.78, 5) is 25.6. The van der Waals surface area contributed by atoms with E-state index in [1.165, 1.54) is 25.3 Å². The van der Waals surface area contributed by atoms with Gasteiger partial charge in [-0.2, -0.15) is 0 Å². The van der Waals surface area contributed by atoms with Crippen molar-refractivity contribution in [3.63, 3.8) is 0 Å². The van der Waals surface area contributed by atoms with E-state index in [2.05, 4.69) is 10.2 Å². The van der Waals surface area contributed by atoms with E-state index in [1.807, 2.05) is 0 Å². The predicted octanol–water partition coefficient (Wildman–Crippen LogP) is 1.90. The summed E-state index contributed by atoms with van der Waals surface area (Å²) in [5, 5.41) is 2.93. The molecule has 0 saturated carbocycles. The van der Waals surface area contributed by atoms with Gasteiger partial charge in [-0.25, -0.2) is 4.39 Å². The molecule has 3 N–H and O–H groups in total. The highest BCUT2D eigenvalue weighted by atomic mass is 19.1. The zero-order chi connectivity index (χ0) is 23.6. The highest BCUT2D eigenvalue weighted by molar-refractivity contribution is 5.91. The largest absolute Gasteiger partial charge is 0.493 e. The van der Waals surface area contributed by atoms with Crippen molar-refractivity contribution in [3.8, 4) is 11.5 Å². The molecule has 33 heavy (non-hydrogen) atoms. The molecule has 1 aliphatic rings. The van der Waals surface area contributed by atoms with Gasteiger partial charge in [-0.15, -0.1) is 0 Å². The number of carbonyl (C=O) groups is 2. The Balaban J connectivity index is 1.63. The second-order valence-electron chi connectivity index (χ2n) is 7.46. The number of primary amides is 1. The first kappa shape index (κ1) is 24.2. The van der Waals surface area contributed by atoms with Crippen molar-refractivity contribution in [1.29, 1.82) is 0 Å². The van der Waals surface area contributed by atoms with Crippen LogP contribution >= 0.6 is 0 Å². The number of methoxy groups -OCH3 is 1. The average Bonchev–Trinajstić information content (AvgIpc) is 2.83. The van der Waals surface area contributed by atoms with Gasteiger partial charge in [-0.3, -0.25) is 14.5 Å². The minimum Gasteiger partial charge on any atom is -0.493 e.